The van der Waals surface area contributed by atoms with Crippen LogP contribution in [0, 0.1) is 0 Å². The van der Waals surface area contributed by atoms with E-state index in [0.717, 1.165) is 37.4 Å². The number of rotatable bonds is 6. The summed E-state index contributed by atoms with van der Waals surface area (Å²) in [7, 11) is 0. The topological polar surface area (TPSA) is 82.2 Å². The highest BCUT2D eigenvalue weighted by atomic mass is 16.5. The molecule has 4 rings (SSSR count). The van der Waals surface area contributed by atoms with E-state index in [0.29, 0.717) is 17.7 Å². The van der Waals surface area contributed by atoms with E-state index in [2.05, 4.69) is 46.8 Å². The maximum Gasteiger partial charge on any atom is 0.167 e. The SMILES string of the molecule is CC(C)c1cc(C(O)Nc2ccc(C[C@]34CN[C@H](CO3)C4)cc2)[nH]n1. The van der Waals surface area contributed by atoms with E-state index in [1.54, 1.807) is 0 Å². The highest BCUT2D eigenvalue weighted by Crippen LogP contribution is 2.34. The minimum absolute atomic E-state index is 0.0255. The van der Waals surface area contributed by atoms with Crippen molar-refractivity contribution in [3.05, 3.63) is 47.3 Å². The summed E-state index contributed by atoms with van der Waals surface area (Å²) < 4.78 is 5.99. The molecule has 25 heavy (non-hydrogen) atoms. The van der Waals surface area contributed by atoms with Gasteiger partial charge >= 0.3 is 0 Å². The lowest BCUT2D eigenvalue weighted by molar-refractivity contribution is -0.00521. The Bertz CT molecular complexity index is 717. The molecular weight excluding hydrogens is 316 g/mol. The Balaban J connectivity index is 1.38. The van der Waals surface area contributed by atoms with Crippen molar-refractivity contribution < 1.29 is 9.84 Å². The summed E-state index contributed by atoms with van der Waals surface area (Å²) in [4.78, 5) is 0. The number of H-pyrrole nitrogens is 1. The highest BCUT2D eigenvalue weighted by molar-refractivity contribution is 5.46. The molecule has 0 spiro atoms. The molecule has 134 valence electrons. The molecule has 2 aliphatic heterocycles. The first-order chi connectivity index (χ1) is 12.0. The second-order valence-electron chi connectivity index (χ2n) is 7.60. The van der Waals surface area contributed by atoms with E-state index in [9.17, 15) is 5.11 Å². The van der Waals surface area contributed by atoms with Crippen molar-refractivity contribution >= 4 is 5.69 Å². The third kappa shape index (κ3) is 3.42. The molecule has 0 aliphatic carbocycles. The maximum atomic E-state index is 10.3. The van der Waals surface area contributed by atoms with Crippen LogP contribution in [0.5, 0.6) is 0 Å². The van der Waals surface area contributed by atoms with Crippen LogP contribution >= 0.6 is 0 Å². The van der Waals surface area contributed by atoms with E-state index in [1.807, 2.05) is 18.2 Å². The fraction of sp³-hybridized carbons (Fsp3) is 0.526. The fourth-order valence-corrected chi connectivity index (χ4v) is 3.73. The van der Waals surface area contributed by atoms with Crippen LogP contribution in [-0.4, -0.2) is 40.1 Å². The summed E-state index contributed by atoms with van der Waals surface area (Å²) in [5.41, 5.74) is 3.74. The molecule has 2 aromatic rings. The third-order valence-electron chi connectivity index (χ3n) is 5.21. The summed E-state index contributed by atoms with van der Waals surface area (Å²) in [6, 6.07) is 10.6. The smallest absolute Gasteiger partial charge is 0.167 e. The standard InChI is InChI=1S/C19H26N4O2/c1-12(2)16-7-17(23-22-16)18(24)21-14-5-3-13(4-6-14)8-19-9-15(10-25-19)20-11-19/h3-7,12,15,18,20-21,24H,8-11H2,1-2H3,(H,22,23)/t15-,18?,19-/m0/s1. The number of nitrogens with zero attached hydrogens (tertiary/aromatic N) is 1. The molecule has 4 N–H and O–H groups in total. The Labute approximate surface area is 148 Å². The summed E-state index contributed by atoms with van der Waals surface area (Å²) >= 11 is 0. The van der Waals surface area contributed by atoms with Gasteiger partial charge in [0, 0.05) is 24.7 Å². The quantitative estimate of drug-likeness (QED) is 0.606. The van der Waals surface area contributed by atoms with Crippen LogP contribution in [0.4, 0.5) is 5.69 Å². The average Bonchev–Trinajstić information content (AvgIpc) is 3.32. The molecule has 0 saturated carbocycles. The molecule has 2 saturated heterocycles. The first kappa shape index (κ1) is 16.6. The Hall–Kier alpha value is -1.89. The van der Waals surface area contributed by atoms with Gasteiger partial charge in [-0.2, -0.15) is 5.10 Å². The van der Waals surface area contributed by atoms with E-state index >= 15 is 0 Å². The van der Waals surface area contributed by atoms with Gasteiger partial charge in [0.2, 0.25) is 0 Å². The van der Waals surface area contributed by atoms with Crippen molar-refractivity contribution in [2.45, 2.75) is 50.5 Å². The van der Waals surface area contributed by atoms with E-state index in [-0.39, 0.29) is 5.60 Å². The first-order valence-electron chi connectivity index (χ1n) is 8.99. The van der Waals surface area contributed by atoms with Crippen molar-refractivity contribution in [3.8, 4) is 0 Å². The van der Waals surface area contributed by atoms with Gasteiger partial charge in [0.25, 0.3) is 0 Å². The van der Waals surface area contributed by atoms with Crippen LogP contribution in [0.2, 0.25) is 0 Å². The molecule has 0 amide bonds. The Morgan fingerprint density at radius 1 is 1.36 bits per heavy atom. The molecule has 3 atom stereocenters. The summed E-state index contributed by atoms with van der Waals surface area (Å²) in [5.74, 6) is 0.332. The van der Waals surface area contributed by atoms with Gasteiger partial charge in [0.05, 0.1) is 23.6 Å². The zero-order chi connectivity index (χ0) is 17.4. The van der Waals surface area contributed by atoms with Crippen molar-refractivity contribution in [2.24, 2.45) is 0 Å². The third-order valence-corrected chi connectivity index (χ3v) is 5.21. The fourth-order valence-electron chi connectivity index (χ4n) is 3.73. The van der Waals surface area contributed by atoms with Crippen LogP contribution in [0.3, 0.4) is 0 Å². The molecule has 1 aromatic carbocycles. The predicted molar refractivity (Wildman–Crippen MR) is 96.5 cm³/mol. The zero-order valence-corrected chi connectivity index (χ0v) is 14.7. The molecule has 1 aromatic heterocycles. The first-order valence-corrected chi connectivity index (χ1v) is 8.99. The number of morpholine rings is 1. The van der Waals surface area contributed by atoms with E-state index < -0.39 is 6.23 Å². The van der Waals surface area contributed by atoms with Gasteiger partial charge in [-0.15, -0.1) is 0 Å². The number of hydrogen-bond acceptors (Lipinski definition) is 5. The molecule has 3 heterocycles. The molecule has 0 radical (unpaired) electrons. The van der Waals surface area contributed by atoms with Crippen molar-refractivity contribution in [1.82, 2.24) is 15.5 Å². The Morgan fingerprint density at radius 2 is 2.16 bits per heavy atom. The van der Waals surface area contributed by atoms with E-state index in [4.69, 9.17) is 4.74 Å². The van der Waals surface area contributed by atoms with Crippen LogP contribution in [-0.2, 0) is 11.2 Å². The lowest BCUT2D eigenvalue weighted by atomic mass is 9.93. The lowest BCUT2D eigenvalue weighted by Gasteiger charge is -2.26. The largest absolute Gasteiger partial charge is 0.372 e. The normalized spacial score (nSPS) is 26.3. The van der Waals surface area contributed by atoms with Gasteiger partial charge in [-0.05, 0) is 36.1 Å². The number of anilines is 1. The number of nitrogens with one attached hydrogen (secondary N) is 3. The van der Waals surface area contributed by atoms with Gasteiger partial charge in [0.15, 0.2) is 6.23 Å². The van der Waals surface area contributed by atoms with Gasteiger partial charge < -0.3 is 20.5 Å². The predicted octanol–water partition coefficient (Wildman–Crippen LogP) is 2.31. The lowest BCUT2D eigenvalue weighted by Crippen LogP contribution is -2.40. The molecule has 2 fully saturated rings. The van der Waals surface area contributed by atoms with Crippen molar-refractivity contribution in [2.75, 3.05) is 18.5 Å². The minimum atomic E-state index is -0.803. The highest BCUT2D eigenvalue weighted by Gasteiger charge is 2.45. The molecule has 1 unspecified atom stereocenters. The molecule has 2 aliphatic rings. The van der Waals surface area contributed by atoms with Gasteiger partial charge in [-0.3, -0.25) is 5.10 Å². The summed E-state index contributed by atoms with van der Waals surface area (Å²) in [6.07, 6.45) is 1.23. The number of aromatic amines is 1. The number of ether oxygens (including phenoxy) is 1. The number of hydrogen-bond donors (Lipinski definition) is 4. The minimum Gasteiger partial charge on any atom is -0.372 e. The number of aliphatic hydroxyl groups is 1. The maximum absolute atomic E-state index is 10.3. The number of fused-ring (bicyclic) bond motifs is 2. The Kier molecular flexibility index (Phi) is 4.27. The van der Waals surface area contributed by atoms with Gasteiger partial charge in [-0.25, -0.2) is 0 Å². The monoisotopic (exact) mass is 342 g/mol. The molecular formula is C19H26N4O2. The van der Waals surface area contributed by atoms with Crippen molar-refractivity contribution in [3.63, 3.8) is 0 Å². The summed E-state index contributed by atoms with van der Waals surface area (Å²) in [5, 5.41) is 24.1. The second-order valence-corrected chi connectivity index (χ2v) is 7.60. The zero-order valence-electron chi connectivity index (χ0n) is 14.7. The van der Waals surface area contributed by atoms with E-state index in [1.165, 1.54) is 5.56 Å². The van der Waals surface area contributed by atoms with Crippen LogP contribution < -0.4 is 10.6 Å². The molecule has 6 nitrogen and oxygen atoms in total. The molecule has 6 heteroatoms. The number of aromatic nitrogens is 2. The van der Waals surface area contributed by atoms with Crippen LogP contribution in [0.15, 0.2) is 30.3 Å². The van der Waals surface area contributed by atoms with Gasteiger partial charge in [-0.1, -0.05) is 26.0 Å². The Morgan fingerprint density at radius 3 is 2.72 bits per heavy atom. The average molecular weight is 342 g/mol. The molecule has 2 bridgehead atoms. The van der Waals surface area contributed by atoms with Crippen LogP contribution in [0.25, 0.3) is 0 Å². The number of aliphatic hydroxyl groups excluding tert-OH is 1. The summed E-state index contributed by atoms with van der Waals surface area (Å²) in [6.45, 7) is 5.92. The van der Waals surface area contributed by atoms with Crippen molar-refractivity contribution in [1.29, 1.82) is 0 Å². The van der Waals surface area contributed by atoms with Crippen LogP contribution in [0.1, 0.15) is 49.4 Å². The van der Waals surface area contributed by atoms with Gasteiger partial charge in [0.1, 0.15) is 0 Å². The second kappa shape index (κ2) is 6.44. The number of benzene rings is 1.